The summed E-state index contributed by atoms with van der Waals surface area (Å²) in [5.41, 5.74) is 4.70. The smallest absolute Gasteiger partial charge is 0.266 e. The van der Waals surface area contributed by atoms with Crippen LogP contribution in [0, 0.1) is 0 Å². The van der Waals surface area contributed by atoms with E-state index in [1.54, 1.807) is 0 Å². The molecule has 0 aromatic carbocycles. The zero-order valence-electron chi connectivity index (χ0n) is 7.17. The SMILES string of the molecule is O=S(=O)(O)CCNNCCS(=O)(=O)O. The fourth-order valence-electron chi connectivity index (χ4n) is 0.537. The molecule has 10 heteroatoms. The summed E-state index contributed by atoms with van der Waals surface area (Å²) >= 11 is 0. The van der Waals surface area contributed by atoms with E-state index < -0.39 is 31.7 Å². The highest BCUT2D eigenvalue weighted by Gasteiger charge is 2.04. The normalized spacial score (nSPS) is 13.0. The molecule has 0 atom stereocenters. The number of hydrogen-bond donors (Lipinski definition) is 4. The van der Waals surface area contributed by atoms with Crippen LogP contribution in [0.3, 0.4) is 0 Å². The second kappa shape index (κ2) is 5.58. The first-order valence-electron chi connectivity index (χ1n) is 3.57. The van der Waals surface area contributed by atoms with E-state index in [1.165, 1.54) is 0 Å². The molecule has 86 valence electrons. The van der Waals surface area contributed by atoms with Crippen molar-refractivity contribution in [3.05, 3.63) is 0 Å². The summed E-state index contributed by atoms with van der Waals surface area (Å²) in [6.45, 7) is -0.130. The molecule has 0 bridgehead atoms. The highest BCUT2D eigenvalue weighted by molar-refractivity contribution is 7.86. The van der Waals surface area contributed by atoms with Crippen molar-refractivity contribution >= 4 is 20.2 Å². The van der Waals surface area contributed by atoms with E-state index in [0.29, 0.717) is 0 Å². The Hall–Kier alpha value is -0.260. The topological polar surface area (TPSA) is 133 Å². The molecule has 0 amide bonds. The standard InChI is InChI=1S/C4H12N2O6S2/c7-13(8,9)3-1-5-6-2-4-14(10,11)12/h5-6H,1-4H2,(H,7,8,9)(H,10,11,12). The predicted molar refractivity (Wildman–Crippen MR) is 48.8 cm³/mol. The molecule has 0 aliphatic rings. The van der Waals surface area contributed by atoms with Crippen LogP contribution in [0.15, 0.2) is 0 Å². The molecule has 0 rings (SSSR count). The van der Waals surface area contributed by atoms with Crippen molar-refractivity contribution in [3.8, 4) is 0 Å². The largest absolute Gasteiger partial charge is 0.286 e. The van der Waals surface area contributed by atoms with Crippen LogP contribution in [0.5, 0.6) is 0 Å². The van der Waals surface area contributed by atoms with Crippen molar-refractivity contribution < 1.29 is 25.9 Å². The first kappa shape index (κ1) is 13.7. The van der Waals surface area contributed by atoms with E-state index in [1.807, 2.05) is 0 Å². The molecule has 0 aromatic rings. The second-order valence-corrected chi connectivity index (χ2v) is 5.57. The van der Waals surface area contributed by atoms with Gasteiger partial charge in [0, 0.05) is 13.1 Å². The molecular weight excluding hydrogens is 236 g/mol. The fraction of sp³-hybridized carbons (Fsp3) is 1.00. The summed E-state index contributed by atoms with van der Waals surface area (Å²) in [5.74, 6) is -0.961. The van der Waals surface area contributed by atoms with Gasteiger partial charge < -0.3 is 0 Å². The van der Waals surface area contributed by atoms with Gasteiger partial charge in [0.15, 0.2) is 0 Å². The van der Waals surface area contributed by atoms with Crippen LogP contribution >= 0.6 is 0 Å². The highest BCUT2D eigenvalue weighted by atomic mass is 32.2. The molecule has 14 heavy (non-hydrogen) atoms. The molecule has 0 radical (unpaired) electrons. The first-order valence-corrected chi connectivity index (χ1v) is 6.78. The average molecular weight is 248 g/mol. The molecule has 0 saturated carbocycles. The van der Waals surface area contributed by atoms with E-state index in [0.717, 1.165) is 0 Å². The van der Waals surface area contributed by atoms with Gasteiger partial charge in [0.05, 0.1) is 11.5 Å². The molecule has 0 heterocycles. The van der Waals surface area contributed by atoms with Gasteiger partial charge in [0.1, 0.15) is 0 Å². The van der Waals surface area contributed by atoms with E-state index >= 15 is 0 Å². The van der Waals surface area contributed by atoms with Gasteiger partial charge in [-0.25, -0.2) is 0 Å². The number of nitrogens with one attached hydrogen (secondary N) is 2. The third-order valence-electron chi connectivity index (χ3n) is 1.10. The van der Waals surface area contributed by atoms with Gasteiger partial charge in [-0.1, -0.05) is 0 Å². The lowest BCUT2D eigenvalue weighted by Crippen LogP contribution is -2.38. The first-order chi connectivity index (χ1) is 6.21. The van der Waals surface area contributed by atoms with Crippen LogP contribution in [0.2, 0.25) is 0 Å². The summed E-state index contributed by atoms with van der Waals surface area (Å²) in [7, 11) is -8.02. The molecule has 4 N–H and O–H groups in total. The second-order valence-electron chi connectivity index (χ2n) is 2.43. The third-order valence-corrected chi connectivity index (χ3v) is 2.54. The number of rotatable bonds is 7. The zero-order chi connectivity index (χ0) is 11.2. The van der Waals surface area contributed by atoms with Crippen molar-refractivity contribution in [2.45, 2.75) is 0 Å². The molecule has 0 fully saturated rings. The predicted octanol–water partition coefficient (Wildman–Crippen LogP) is -2.14. The molecule has 8 nitrogen and oxygen atoms in total. The Morgan fingerprint density at radius 1 is 0.786 bits per heavy atom. The molecule has 0 unspecified atom stereocenters. The van der Waals surface area contributed by atoms with Crippen LogP contribution in [0.25, 0.3) is 0 Å². The molecule has 0 aromatic heterocycles. The molecule has 0 aliphatic heterocycles. The van der Waals surface area contributed by atoms with E-state index in [-0.39, 0.29) is 13.1 Å². The minimum Gasteiger partial charge on any atom is -0.286 e. The fourth-order valence-corrected chi connectivity index (χ4v) is 1.26. The quantitative estimate of drug-likeness (QED) is 0.228. The van der Waals surface area contributed by atoms with Crippen LogP contribution in [0.1, 0.15) is 0 Å². The number of hydrogen-bond acceptors (Lipinski definition) is 6. The Morgan fingerprint density at radius 2 is 1.07 bits per heavy atom. The van der Waals surface area contributed by atoms with Gasteiger partial charge in [0.2, 0.25) is 0 Å². The average Bonchev–Trinajstić information content (AvgIpc) is 1.92. The van der Waals surface area contributed by atoms with Crippen LogP contribution in [-0.2, 0) is 20.2 Å². The minimum atomic E-state index is -4.01. The van der Waals surface area contributed by atoms with Crippen LogP contribution in [0.4, 0.5) is 0 Å². The summed E-state index contributed by atoms with van der Waals surface area (Å²) < 4.78 is 57.2. The summed E-state index contributed by atoms with van der Waals surface area (Å²) in [6, 6.07) is 0. The van der Waals surface area contributed by atoms with Gasteiger partial charge in [-0.05, 0) is 0 Å². The van der Waals surface area contributed by atoms with Crippen molar-refractivity contribution in [3.63, 3.8) is 0 Å². The zero-order valence-corrected chi connectivity index (χ0v) is 8.81. The van der Waals surface area contributed by atoms with Crippen molar-refractivity contribution in [1.29, 1.82) is 0 Å². The van der Waals surface area contributed by atoms with Crippen molar-refractivity contribution in [1.82, 2.24) is 10.9 Å². The number of hydrazine groups is 1. The maximum absolute atomic E-state index is 10.2. The van der Waals surface area contributed by atoms with Gasteiger partial charge >= 0.3 is 0 Å². The third kappa shape index (κ3) is 11.7. The van der Waals surface area contributed by atoms with Crippen molar-refractivity contribution in [2.75, 3.05) is 24.6 Å². The molecule has 0 saturated heterocycles. The minimum absolute atomic E-state index is 0.0652. The Balaban J connectivity index is 3.41. The molecule has 0 aliphatic carbocycles. The Kier molecular flexibility index (Phi) is 5.48. The van der Waals surface area contributed by atoms with Gasteiger partial charge in [-0.15, -0.1) is 0 Å². The lowest BCUT2D eigenvalue weighted by molar-refractivity contribution is 0.467. The van der Waals surface area contributed by atoms with Crippen molar-refractivity contribution in [2.24, 2.45) is 0 Å². The Bertz CT molecular complexity index is 310. The van der Waals surface area contributed by atoms with Crippen LogP contribution in [-0.4, -0.2) is 50.5 Å². The van der Waals surface area contributed by atoms with E-state index in [4.69, 9.17) is 9.11 Å². The van der Waals surface area contributed by atoms with Gasteiger partial charge in [-0.2, -0.15) is 16.8 Å². The van der Waals surface area contributed by atoms with E-state index in [2.05, 4.69) is 10.9 Å². The van der Waals surface area contributed by atoms with Crippen LogP contribution < -0.4 is 10.9 Å². The maximum Gasteiger partial charge on any atom is 0.266 e. The maximum atomic E-state index is 10.2. The summed E-state index contributed by atoms with van der Waals surface area (Å²) in [4.78, 5) is 0. The highest BCUT2D eigenvalue weighted by Crippen LogP contribution is 1.79. The Labute approximate surface area is 82.2 Å². The van der Waals surface area contributed by atoms with E-state index in [9.17, 15) is 16.8 Å². The van der Waals surface area contributed by atoms with Gasteiger partial charge in [0.25, 0.3) is 20.2 Å². The van der Waals surface area contributed by atoms with Gasteiger partial charge in [-0.3, -0.25) is 20.0 Å². The lowest BCUT2D eigenvalue weighted by atomic mass is 10.7. The lowest BCUT2D eigenvalue weighted by Gasteiger charge is -2.04. The molecular formula is C4H12N2O6S2. The summed E-state index contributed by atoms with van der Waals surface area (Å²) in [5, 5.41) is 0. The summed E-state index contributed by atoms with van der Waals surface area (Å²) in [6.07, 6.45) is 0. The Morgan fingerprint density at radius 3 is 1.29 bits per heavy atom. The molecule has 0 spiro atoms. The monoisotopic (exact) mass is 248 g/mol.